The van der Waals surface area contributed by atoms with Gasteiger partial charge < -0.3 is 4.90 Å². The Labute approximate surface area is 242 Å². The number of rotatable bonds is 5. The lowest BCUT2D eigenvalue weighted by Gasteiger charge is -2.33. The minimum atomic E-state index is -3.78. The van der Waals surface area contributed by atoms with E-state index in [1.165, 1.54) is 8.61 Å². The van der Waals surface area contributed by atoms with Crippen molar-refractivity contribution in [1.82, 2.24) is 13.5 Å². The summed E-state index contributed by atoms with van der Waals surface area (Å²) >= 11 is 0. The van der Waals surface area contributed by atoms with Crippen molar-refractivity contribution in [2.75, 3.05) is 45.8 Å². The molecule has 0 radical (unpaired) electrons. The van der Waals surface area contributed by atoms with Gasteiger partial charge in [-0.2, -0.15) is 8.61 Å². The van der Waals surface area contributed by atoms with Gasteiger partial charge in [0.1, 0.15) is 0 Å². The summed E-state index contributed by atoms with van der Waals surface area (Å²) in [5.74, 6) is 0. The molecule has 0 unspecified atom stereocenters. The van der Waals surface area contributed by atoms with Crippen LogP contribution in [0.25, 0.3) is 0 Å². The van der Waals surface area contributed by atoms with Gasteiger partial charge in [-0.15, -0.1) is 12.4 Å². The second-order valence-corrected chi connectivity index (χ2v) is 15.5. The fourth-order valence-electron chi connectivity index (χ4n) is 4.72. The summed E-state index contributed by atoms with van der Waals surface area (Å²) in [6.07, 6.45) is 1.36. The van der Waals surface area contributed by atoms with Crippen molar-refractivity contribution in [3.8, 4) is 0 Å². The first-order valence-corrected chi connectivity index (χ1v) is 16.1. The van der Waals surface area contributed by atoms with E-state index in [1.54, 1.807) is 48.5 Å². The largest absolute Gasteiger partial charge is 0.303 e. The Bertz CT molecular complexity index is 1210. The minimum absolute atomic E-state index is 0. The number of halogens is 1. The predicted octanol–water partition coefficient (Wildman–Crippen LogP) is 5.10. The summed E-state index contributed by atoms with van der Waals surface area (Å²) in [4.78, 5) is 2.79. The van der Waals surface area contributed by atoms with Crippen molar-refractivity contribution < 1.29 is 16.8 Å². The summed E-state index contributed by atoms with van der Waals surface area (Å²) < 4.78 is 57.5. The topological polar surface area (TPSA) is 78.0 Å². The predicted molar refractivity (Wildman–Crippen MR) is 161 cm³/mol. The van der Waals surface area contributed by atoms with Gasteiger partial charge >= 0.3 is 0 Å². The molecule has 1 aliphatic rings. The molecule has 0 atom stereocenters. The average Bonchev–Trinajstić information content (AvgIpc) is 2.81. The molecule has 218 valence electrons. The smallest absolute Gasteiger partial charge is 0.243 e. The maximum absolute atomic E-state index is 13.6. The first-order chi connectivity index (χ1) is 17.7. The summed E-state index contributed by atoms with van der Waals surface area (Å²) in [5.41, 5.74) is 2.57. The molecule has 0 aromatic heterocycles. The van der Waals surface area contributed by atoms with Crippen LogP contribution < -0.4 is 0 Å². The van der Waals surface area contributed by atoms with E-state index in [2.05, 4.69) is 32.3 Å². The second kappa shape index (κ2) is 13.7. The molecule has 2 aromatic carbocycles. The zero-order chi connectivity index (χ0) is 28.1. The van der Waals surface area contributed by atoms with Gasteiger partial charge in [0.05, 0.1) is 9.79 Å². The highest BCUT2D eigenvalue weighted by Crippen LogP contribution is 2.23. The Balaban J connectivity index is 0.00000533. The molecular formula is C29H44ClN3O4S2. The van der Waals surface area contributed by atoms with Crippen LogP contribution in [0.1, 0.15) is 44.7 Å². The maximum atomic E-state index is 13.6. The molecule has 7 nitrogen and oxygen atoms in total. The zero-order valence-electron chi connectivity index (χ0n) is 23.9. The summed E-state index contributed by atoms with van der Waals surface area (Å²) in [6, 6.07) is 13.7. The van der Waals surface area contributed by atoms with E-state index in [0.717, 1.165) is 30.8 Å². The minimum Gasteiger partial charge on any atom is -0.303 e. The fraction of sp³-hybridized carbons (Fsp3) is 0.517. The van der Waals surface area contributed by atoms with E-state index >= 15 is 0 Å². The van der Waals surface area contributed by atoms with Crippen LogP contribution in [-0.2, 0) is 20.0 Å². The molecule has 0 aliphatic carbocycles. The summed E-state index contributed by atoms with van der Waals surface area (Å²) in [5, 5.41) is 0. The molecule has 0 N–H and O–H groups in total. The lowest BCUT2D eigenvalue weighted by molar-refractivity contribution is 0.179. The first-order valence-electron chi connectivity index (χ1n) is 13.2. The van der Waals surface area contributed by atoms with Gasteiger partial charge in [-0.3, -0.25) is 0 Å². The van der Waals surface area contributed by atoms with Crippen molar-refractivity contribution in [3.05, 3.63) is 71.8 Å². The van der Waals surface area contributed by atoms with Gasteiger partial charge in [-0.1, -0.05) is 62.7 Å². The van der Waals surface area contributed by atoms with Crippen molar-refractivity contribution in [1.29, 1.82) is 0 Å². The Kier molecular flexibility index (Phi) is 11.8. The second-order valence-electron chi connectivity index (χ2n) is 11.6. The maximum Gasteiger partial charge on any atom is 0.243 e. The highest BCUT2D eigenvalue weighted by atomic mass is 35.5. The molecule has 2 aromatic rings. The number of benzene rings is 2. The third kappa shape index (κ3) is 9.40. The van der Waals surface area contributed by atoms with Crippen LogP contribution in [0.4, 0.5) is 0 Å². The molecule has 1 heterocycles. The van der Waals surface area contributed by atoms with E-state index in [1.807, 2.05) is 13.8 Å². The molecule has 1 fully saturated rings. The fourth-order valence-corrected chi connectivity index (χ4v) is 7.72. The van der Waals surface area contributed by atoms with E-state index in [-0.39, 0.29) is 40.7 Å². The number of nitrogens with zero attached hydrogens (tertiary/aromatic N) is 3. The van der Waals surface area contributed by atoms with E-state index in [4.69, 9.17) is 0 Å². The van der Waals surface area contributed by atoms with Gasteiger partial charge in [0.2, 0.25) is 20.0 Å². The summed E-state index contributed by atoms with van der Waals surface area (Å²) in [7, 11) is -7.55. The molecule has 1 saturated heterocycles. The molecular weight excluding hydrogens is 554 g/mol. The molecule has 10 heteroatoms. The first kappa shape index (κ1) is 33.5. The highest BCUT2D eigenvalue weighted by molar-refractivity contribution is 7.89. The van der Waals surface area contributed by atoms with E-state index in [9.17, 15) is 16.8 Å². The van der Waals surface area contributed by atoms with E-state index < -0.39 is 20.0 Å². The highest BCUT2D eigenvalue weighted by Gasteiger charge is 2.29. The molecule has 0 saturated carbocycles. The Morgan fingerprint density at radius 3 is 1.38 bits per heavy atom. The third-order valence-corrected chi connectivity index (χ3v) is 10.3. The lowest BCUT2D eigenvalue weighted by atomic mass is 9.96. The van der Waals surface area contributed by atoms with Crippen molar-refractivity contribution >= 4 is 32.5 Å². The number of sulfonamides is 2. The average molecular weight is 598 g/mol. The van der Waals surface area contributed by atoms with Crippen LogP contribution in [0, 0.1) is 19.3 Å². The quantitative estimate of drug-likeness (QED) is 0.448. The van der Waals surface area contributed by atoms with Crippen LogP contribution in [0.3, 0.4) is 0 Å². The normalized spacial score (nSPS) is 18.1. The SMILES string of the molecule is C=C1CN(S(=O)(=O)c2ccc(C)cc2)CCCN(CC(C)(C)C)CCCN(S(=O)(=O)c2ccc(C)cc2)C1.Cl. The van der Waals surface area contributed by atoms with Gasteiger partial charge in [-0.25, -0.2) is 16.8 Å². The standard InChI is InChI=1S/C29H43N3O4S2.ClH/c1-24-9-13-27(14-10-24)37(33,34)31-19-7-17-30(23-29(4,5)6)18-8-20-32(22-26(3)21-31)38(35,36)28-15-11-25(2)12-16-28;/h9-16H,3,7-8,17-23H2,1-2,4-6H3;1H. The molecule has 0 spiro atoms. The van der Waals surface area contributed by atoms with Gasteiger partial charge in [-0.05, 0) is 75.0 Å². The number of hydrogen-bond donors (Lipinski definition) is 0. The van der Waals surface area contributed by atoms with Gasteiger partial charge in [0, 0.05) is 32.7 Å². The molecule has 3 rings (SSSR count). The van der Waals surface area contributed by atoms with Gasteiger partial charge in [0.15, 0.2) is 0 Å². The van der Waals surface area contributed by atoms with Crippen molar-refractivity contribution in [2.24, 2.45) is 5.41 Å². The number of aryl methyl sites for hydroxylation is 2. The van der Waals surface area contributed by atoms with Crippen molar-refractivity contribution in [2.45, 2.75) is 57.3 Å². The monoisotopic (exact) mass is 597 g/mol. The molecule has 0 bridgehead atoms. The zero-order valence-corrected chi connectivity index (χ0v) is 26.3. The van der Waals surface area contributed by atoms with Crippen LogP contribution in [0.5, 0.6) is 0 Å². The third-order valence-electron chi connectivity index (χ3n) is 6.58. The van der Waals surface area contributed by atoms with Crippen molar-refractivity contribution in [3.63, 3.8) is 0 Å². The van der Waals surface area contributed by atoms with E-state index in [0.29, 0.717) is 31.5 Å². The summed E-state index contributed by atoms with van der Waals surface area (Å²) in [6.45, 7) is 17.6. The molecule has 0 amide bonds. The van der Waals surface area contributed by atoms with Gasteiger partial charge in [0.25, 0.3) is 0 Å². The molecule has 39 heavy (non-hydrogen) atoms. The van der Waals surface area contributed by atoms with Crippen LogP contribution in [-0.4, -0.2) is 76.2 Å². The Morgan fingerprint density at radius 2 is 1.05 bits per heavy atom. The van der Waals surface area contributed by atoms with Crippen LogP contribution in [0.15, 0.2) is 70.5 Å². The lowest BCUT2D eigenvalue weighted by Crippen LogP contribution is -2.42. The Hall–Kier alpha value is -1.75. The van der Waals surface area contributed by atoms with Crippen LogP contribution in [0.2, 0.25) is 0 Å². The van der Waals surface area contributed by atoms with Crippen LogP contribution >= 0.6 is 12.4 Å². The number of hydrogen-bond acceptors (Lipinski definition) is 5. The Morgan fingerprint density at radius 1 is 0.692 bits per heavy atom. The molecule has 1 aliphatic heterocycles.